The van der Waals surface area contributed by atoms with Gasteiger partial charge in [-0.05, 0) is 42.5 Å². The number of sulfonamides is 1. The average Bonchev–Trinajstić information content (AvgIpc) is 3.08. The number of anilines is 2. The molecule has 0 unspecified atom stereocenters. The van der Waals surface area contributed by atoms with Gasteiger partial charge in [0.1, 0.15) is 0 Å². The number of pyridine rings is 1. The number of alkyl halides is 3. The topological polar surface area (TPSA) is 105 Å². The van der Waals surface area contributed by atoms with Crippen molar-refractivity contribution in [3.05, 3.63) is 60.4 Å². The molecule has 29 heavy (non-hydrogen) atoms. The second-order valence-electron chi connectivity index (χ2n) is 5.99. The van der Waals surface area contributed by atoms with Gasteiger partial charge in [0.2, 0.25) is 10.0 Å². The monoisotopic (exact) mass is 427 g/mol. The largest absolute Gasteiger partial charge is 0.416 e. The molecule has 3 rings (SSSR count). The minimum atomic E-state index is -4.47. The molecule has 8 nitrogen and oxygen atoms in total. The highest BCUT2D eigenvalue weighted by Gasteiger charge is 2.29. The van der Waals surface area contributed by atoms with Crippen LogP contribution in [0.2, 0.25) is 0 Å². The first kappa shape index (κ1) is 20.5. The van der Waals surface area contributed by atoms with Crippen molar-refractivity contribution < 1.29 is 26.4 Å². The molecule has 0 aliphatic rings. The summed E-state index contributed by atoms with van der Waals surface area (Å²) < 4.78 is 65.8. The van der Waals surface area contributed by atoms with Crippen molar-refractivity contribution >= 4 is 32.9 Å². The van der Waals surface area contributed by atoms with E-state index in [1.165, 1.54) is 0 Å². The summed E-state index contributed by atoms with van der Waals surface area (Å²) in [5.41, 5.74) is 0.367. The van der Waals surface area contributed by atoms with Crippen LogP contribution in [0, 0.1) is 0 Å². The maximum atomic E-state index is 12.5. The maximum absolute atomic E-state index is 12.5. The Morgan fingerprint density at radius 3 is 2.48 bits per heavy atom. The third-order valence-electron chi connectivity index (χ3n) is 3.80. The van der Waals surface area contributed by atoms with E-state index < -0.39 is 33.5 Å². The molecule has 0 atom stereocenters. The van der Waals surface area contributed by atoms with Crippen LogP contribution in [0.3, 0.4) is 0 Å². The van der Waals surface area contributed by atoms with E-state index >= 15 is 0 Å². The molecule has 0 aliphatic heterocycles. The van der Waals surface area contributed by atoms with E-state index in [0.29, 0.717) is 11.2 Å². The number of halogens is 3. The Morgan fingerprint density at radius 1 is 1.07 bits per heavy atom. The highest BCUT2D eigenvalue weighted by atomic mass is 32.2. The molecule has 2 aromatic heterocycles. The summed E-state index contributed by atoms with van der Waals surface area (Å²) in [5, 5.41) is 8.67. The molecule has 3 N–H and O–H groups in total. The first-order valence-electron chi connectivity index (χ1n) is 8.28. The number of rotatable bonds is 6. The summed E-state index contributed by atoms with van der Waals surface area (Å²) in [6, 6.07) is 8.01. The number of fused-ring (bicyclic) bond motifs is 1. The van der Waals surface area contributed by atoms with Gasteiger partial charge in [-0.1, -0.05) is 0 Å². The molecule has 1 aromatic carbocycles. The summed E-state index contributed by atoms with van der Waals surface area (Å²) in [6.45, 7) is -0.198. The number of amides is 2. The lowest BCUT2D eigenvalue weighted by Crippen LogP contribution is -2.34. The quantitative estimate of drug-likeness (QED) is 0.563. The van der Waals surface area contributed by atoms with E-state index in [1.54, 1.807) is 35.1 Å². The fourth-order valence-corrected chi connectivity index (χ4v) is 3.39. The lowest BCUT2D eigenvalue weighted by Gasteiger charge is -2.11. The SMILES string of the molecule is O=C(NCCS(=O)(=O)Nc1ccn2nccc2c1)Nc1ccc(C(F)(F)F)cc1. The van der Waals surface area contributed by atoms with Crippen LogP contribution in [-0.2, 0) is 16.2 Å². The number of nitrogens with zero attached hydrogens (tertiary/aromatic N) is 2. The van der Waals surface area contributed by atoms with Gasteiger partial charge in [-0.2, -0.15) is 18.3 Å². The smallest absolute Gasteiger partial charge is 0.337 e. The van der Waals surface area contributed by atoms with Gasteiger partial charge >= 0.3 is 12.2 Å². The number of urea groups is 1. The molecule has 12 heteroatoms. The van der Waals surface area contributed by atoms with Gasteiger partial charge in [-0.3, -0.25) is 4.72 Å². The van der Waals surface area contributed by atoms with Crippen LogP contribution in [0.25, 0.3) is 5.52 Å². The molecular weight excluding hydrogens is 411 g/mol. The van der Waals surface area contributed by atoms with Crippen LogP contribution in [-0.4, -0.2) is 36.4 Å². The Labute approximate surface area is 163 Å². The molecule has 0 spiro atoms. The van der Waals surface area contributed by atoms with E-state index in [-0.39, 0.29) is 12.2 Å². The van der Waals surface area contributed by atoms with Gasteiger partial charge in [0, 0.05) is 24.6 Å². The predicted octanol–water partition coefficient (Wildman–Crippen LogP) is 2.92. The van der Waals surface area contributed by atoms with Crippen LogP contribution in [0.15, 0.2) is 54.9 Å². The minimum Gasteiger partial charge on any atom is -0.337 e. The van der Waals surface area contributed by atoms with Crippen molar-refractivity contribution in [2.75, 3.05) is 22.3 Å². The van der Waals surface area contributed by atoms with E-state index in [0.717, 1.165) is 24.3 Å². The molecule has 2 heterocycles. The number of aromatic nitrogens is 2. The second-order valence-corrected chi connectivity index (χ2v) is 7.83. The molecular formula is C17H16F3N5O3S. The van der Waals surface area contributed by atoms with E-state index in [9.17, 15) is 26.4 Å². The Kier molecular flexibility index (Phi) is 5.64. The maximum Gasteiger partial charge on any atom is 0.416 e. The Bertz CT molecular complexity index is 1110. The normalized spacial score (nSPS) is 12.0. The van der Waals surface area contributed by atoms with Gasteiger partial charge in [0.25, 0.3) is 0 Å². The molecule has 0 fully saturated rings. The number of carbonyl (C=O) groups is 1. The van der Waals surface area contributed by atoms with Gasteiger partial charge < -0.3 is 10.6 Å². The molecule has 0 saturated carbocycles. The van der Waals surface area contributed by atoms with Crippen molar-refractivity contribution in [3.8, 4) is 0 Å². The van der Waals surface area contributed by atoms with Crippen molar-refractivity contribution in [3.63, 3.8) is 0 Å². The van der Waals surface area contributed by atoms with Gasteiger partial charge in [0.15, 0.2) is 0 Å². The Hall–Kier alpha value is -3.28. The summed E-state index contributed by atoms with van der Waals surface area (Å²) in [5.74, 6) is -0.391. The highest BCUT2D eigenvalue weighted by Crippen LogP contribution is 2.29. The number of nitrogens with one attached hydrogen (secondary N) is 3. The zero-order valence-corrected chi connectivity index (χ0v) is 15.6. The summed E-state index contributed by atoms with van der Waals surface area (Å²) in [7, 11) is -3.72. The third-order valence-corrected chi connectivity index (χ3v) is 5.09. The van der Waals surface area contributed by atoms with Crippen molar-refractivity contribution in [2.24, 2.45) is 0 Å². The fraction of sp³-hybridized carbons (Fsp3) is 0.176. The van der Waals surface area contributed by atoms with E-state index in [1.807, 2.05) is 0 Å². The molecule has 0 radical (unpaired) electrons. The van der Waals surface area contributed by atoms with Crippen LogP contribution < -0.4 is 15.4 Å². The Balaban J connectivity index is 1.48. The van der Waals surface area contributed by atoms with Gasteiger partial charge in [0.05, 0.1) is 22.5 Å². The second kappa shape index (κ2) is 7.99. The lowest BCUT2D eigenvalue weighted by molar-refractivity contribution is -0.137. The Morgan fingerprint density at radius 2 is 1.79 bits per heavy atom. The zero-order chi connectivity index (χ0) is 21.1. The fourth-order valence-electron chi connectivity index (χ4n) is 2.43. The number of benzene rings is 1. The molecule has 2 amide bonds. The molecule has 0 saturated heterocycles. The summed E-state index contributed by atoms with van der Waals surface area (Å²) in [4.78, 5) is 11.8. The van der Waals surface area contributed by atoms with Crippen molar-refractivity contribution in [1.29, 1.82) is 0 Å². The molecule has 0 aliphatic carbocycles. The first-order valence-corrected chi connectivity index (χ1v) is 9.94. The standard InChI is InChI=1S/C17H16F3N5O3S/c18-17(19,20)12-1-3-13(4-2-12)23-16(26)21-8-10-29(27,28)24-14-6-9-25-15(11-14)5-7-22-25/h1-7,9,11,24H,8,10H2,(H2,21,23,26). The van der Waals surface area contributed by atoms with E-state index in [4.69, 9.17) is 0 Å². The third kappa shape index (κ3) is 5.60. The minimum absolute atomic E-state index is 0.144. The number of hydrogen-bond donors (Lipinski definition) is 3. The lowest BCUT2D eigenvalue weighted by atomic mass is 10.2. The first-order chi connectivity index (χ1) is 13.6. The summed E-state index contributed by atoms with van der Waals surface area (Å²) >= 11 is 0. The van der Waals surface area contributed by atoms with Gasteiger partial charge in [-0.15, -0.1) is 0 Å². The van der Waals surface area contributed by atoms with Crippen LogP contribution in [0.1, 0.15) is 5.56 Å². The summed E-state index contributed by atoms with van der Waals surface area (Å²) in [6.07, 6.45) is -1.29. The number of hydrogen-bond acceptors (Lipinski definition) is 4. The average molecular weight is 427 g/mol. The predicted molar refractivity (Wildman–Crippen MR) is 101 cm³/mol. The zero-order valence-electron chi connectivity index (χ0n) is 14.8. The van der Waals surface area contributed by atoms with Crippen molar-refractivity contribution in [1.82, 2.24) is 14.9 Å². The highest BCUT2D eigenvalue weighted by molar-refractivity contribution is 7.92. The molecule has 3 aromatic rings. The molecule has 0 bridgehead atoms. The van der Waals surface area contributed by atoms with Crippen LogP contribution in [0.5, 0.6) is 0 Å². The van der Waals surface area contributed by atoms with Crippen LogP contribution >= 0.6 is 0 Å². The van der Waals surface area contributed by atoms with Gasteiger partial charge in [-0.25, -0.2) is 17.7 Å². The number of carbonyl (C=O) groups excluding carboxylic acids is 1. The van der Waals surface area contributed by atoms with Crippen LogP contribution in [0.4, 0.5) is 29.3 Å². The molecule has 154 valence electrons. The van der Waals surface area contributed by atoms with Crippen molar-refractivity contribution in [2.45, 2.75) is 6.18 Å². The van der Waals surface area contributed by atoms with E-state index in [2.05, 4.69) is 20.5 Å².